The van der Waals surface area contributed by atoms with Crippen LogP contribution < -0.4 is 5.32 Å². The van der Waals surface area contributed by atoms with Gasteiger partial charge in [-0.2, -0.15) is 0 Å². The van der Waals surface area contributed by atoms with Crippen LogP contribution in [0.1, 0.15) is 25.5 Å². The van der Waals surface area contributed by atoms with E-state index in [0.717, 1.165) is 40.0 Å². The molecule has 0 aliphatic carbocycles. The smallest absolute Gasteiger partial charge is 0.166 e. The van der Waals surface area contributed by atoms with Gasteiger partial charge in [0.15, 0.2) is 17.3 Å². The molecule has 2 N–H and O–H groups in total. The molecular formula is C22H22N8. The minimum absolute atomic E-state index is 0.249. The first kappa shape index (κ1) is 18.2. The van der Waals surface area contributed by atoms with E-state index in [1.807, 2.05) is 36.9 Å². The van der Waals surface area contributed by atoms with Gasteiger partial charge >= 0.3 is 0 Å². The summed E-state index contributed by atoms with van der Waals surface area (Å²) in [6, 6.07) is 8.29. The van der Waals surface area contributed by atoms with E-state index in [1.165, 1.54) is 5.56 Å². The molecule has 0 amide bonds. The molecule has 150 valence electrons. The first-order valence-electron chi connectivity index (χ1n) is 10.00. The van der Waals surface area contributed by atoms with Crippen molar-refractivity contribution in [2.45, 2.75) is 26.3 Å². The van der Waals surface area contributed by atoms with E-state index >= 15 is 0 Å². The highest BCUT2D eigenvalue weighted by molar-refractivity contribution is 5.85. The highest BCUT2D eigenvalue weighted by atomic mass is 15.2. The third-order valence-corrected chi connectivity index (χ3v) is 5.06. The molecule has 0 bridgehead atoms. The Labute approximate surface area is 173 Å². The van der Waals surface area contributed by atoms with Gasteiger partial charge in [-0.3, -0.25) is 4.98 Å². The number of H-pyrrole nitrogens is 1. The van der Waals surface area contributed by atoms with E-state index in [-0.39, 0.29) is 6.04 Å². The Hall–Kier alpha value is -3.81. The molecule has 0 aliphatic heterocycles. The van der Waals surface area contributed by atoms with Crippen LogP contribution in [0.3, 0.4) is 0 Å². The second-order valence-electron chi connectivity index (χ2n) is 7.49. The van der Waals surface area contributed by atoms with E-state index in [0.29, 0.717) is 12.4 Å². The van der Waals surface area contributed by atoms with Gasteiger partial charge in [0.2, 0.25) is 0 Å². The Morgan fingerprint density at radius 3 is 2.90 bits per heavy atom. The number of hydrogen-bond acceptors (Lipinski definition) is 6. The molecule has 8 nitrogen and oxygen atoms in total. The Morgan fingerprint density at radius 1 is 1.13 bits per heavy atom. The molecular weight excluding hydrogens is 376 g/mol. The maximum absolute atomic E-state index is 4.78. The number of imidazole rings is 1. The number of pyridine rings is 2. The molecule has 0 radical (unpaired) electrons. The lowest BCUT2D eigenvalue weighted by molar-refractivity contribution is 0.613. The van der Waals surface area contributed by atoms with Gasteiger partial charge in [-0.15, -0.1) is 0 Å². The Morgan fingerprint density at radius 2 is 2.07 bits per heavy atom. The van der Waals surface area contributed by atoms with Crippen LogP contribution in [-0.2, 0) is 6.42 Å². The maximum Gasteiger partial charge on any atom is 0.166 e. The monoisotopic (exact) mass is 398 g/mol. The Bertz CT molecular complexity index is 1300. The lowest BCUT2D eigenvalue weighted by Gasteiger charge is -2.11. The summed E-state index contributed by atoms with van der Waals surface area (Å²) in [6.45, 7) is 4.94. The van der Waals surface area contributed by atoms with E-state index in [4.69, 9.17) is 9.97 Å². The largest absolute Gasteiger partial charge is 0.368 e. The standard InChI is InChI=1S/C22H22N8/c1-14(2)30-13-27-18-21(28-20(29-22(18)30)17-4-3-7-23-12-17)25-8-5-15-10-16-6-9-24-19(16)26-11-15/h3-4,6-7,9-14H,5,8H2,1-2H3,(H,24,26)(H,25,28,29). The van der Waals surface area contributed by atoms with Crippen molar-refractivity contribution < 1.29 is 0 Å². The van der Waals surface area contributed by atoms with Gasteiger partial charge in [0.25, 0.3) is 0 Å². The number of rotatable bonds is 6. The van der Waals surface area contributed by atoms with Crippen LogP contribution in [0.15, 0.2) is 55.4 Å². The lowest BCUT2D eigenvalue weighted by atomic mass is 10.2. The molecule has 5 heterocycles. The Balaban J connectivity index is 1.46. The van der Waals surface area contributed by atoms with Crippen molar-refractivity contribution in [2.75, 3.05) is 11.9 Å². The summed E-state index contributed by atoms with van der Waals surface area (Å²) in [7, 11) is 0. The molecule has 0 fully saturated rings. The van der Waals surface area contributed by atoms with E-state index < -0.39 is 0 Å². The quantitative estimate of drug-likeness (QED) is 0.449. The molecule has 0 aromatic carbocycles. The molecule has 5 aromatic rings. The summed E-state index contributed by atoms with van der Waals surface area (Å²) in [6.07, 6.45) is 9.99. The minimum Gasteiger partial charge on any atom is -0.368 e. The second kappa shape index (κ2) is 7.55. The lowest BCUT2D eigenvalue weighted by Crippen LogP contribution is -2.09. The zero-order valence-electron chi connectivity index (χ0n) is 16.9. The van der Waals surface area contributed by atoms with Crippen molar-refractivity contribution >= 4 is 28.0 Å². The number of anilines is 1. The van der Waals surface area contributed by atoms with E-state index in [1.54, 1.807) is 12.4 Å². The van der Waals surface area contributed by atoms with E-state index in [2.05, 4.69) is 49.7 Å². The summed E-state index contributed by atoms with van der Waals surface area (Å²) in [5.74, 6) is 1.37. The van der Waals surface area contributed by atoms with Gasteiger partial charge in [0, 0.05) is 48.3 Å². The number of aromatic nitrogens is 7. The number of nitrogens with one attached hydrogen (secondary N) is 2. The predicted octanol–water partition coefficient (Wildman–Crippen LogP) is 4.00. The van der Waals surface area contributed by atoms with Crippen molar-refractivity contribution in [3.63, 3.8) is 0 Å². The van der Waals surface area contributed by atoms with Crippen molar-refractivity contribution in [3.05, 3.63) is 60.9 Å². The predicted molar refractivity (Wildman–Crippen MR) is 117 cm³/mol. The van der Waals surface area contributed by atoms with Crippen LogP contribution in [0.4, 0.5) is 5.82 Å². The van der Waals surface area contributed by atoms with Crippen molar-refractivity contribution in [1.29, 1.82) is 0 Å². The first-order chi connectivity index (χ1) is 14.7. The molecule has 30 heavy (non-hydrogen) atoms. The average Bonchev–Trinajstić information content (AvgIpc) is 3.41. The zero-order chi connectivity index (χ0) is 20.5. The van der Waals surface area contributed by atoms with Crippen molar-refractivity contribution in [1.82, 2.24) is 34.5 Å². The summed E-state index contributed by atoms with van der Waals surface area (Å²) in [5.41, 5.74) is 4.54. The third-order valence-electron chi connectivity index (χ3n) is 5.06. The van der Waals surface area contributed by atoms with Crippen LogP contribution in [0, 0.1) is 0 Å². The van der Waals surface area contributed by atoms with Crippen LogP contribution >= 0.6 is 0 Å². The summed E-state index contributed by atoms with van der Waals surface area (Å²) in [5, 5.41) is 4.57. The summed E-state index contributed by atoms with van der Waals surface area (Å²) >= 11 is 0. The molecule has 0 spiro atoms. The minimum atomic E-state index is 0.249. The van der Waals surface area contributed by atoms with Gasteiger partial charge in [-0.05, 0) is 50.1 Å². The van der Waals surface area contributed by atoms with Gasteiger partial charge in [-0.25, -0.2) is 19.9 Å². The van der Waals surface area contributed by atoms with Crippen molar-refractivity contribution in [2.24, 2.45) is 0 Å². The van der Waals surface area contributed by atoms with Gasteiger partial charge in [-0.1, -0.05) is 0 Å². The normalized spacial score (nSPS) is 11.6. The molecule has 0 unspecified atom stereocenters. The van der Waals surface area contributed by atoms with Gasteiger partial charge < -0.3 is 14.9 Å². The topological polar surface area (TPSA) is 97.2 Å². The van der Waals surface area contributed by atoms with Gasteiger partial charge in [0.05, 0.1) is 6.33 Å². The molecule has 5 rings (SSSR count). The van der Waals surface area contributed by atoms with Gasteiger partial charge in [0.1, 0.15) is 11.2 Å². The second-order valence-corrected chi connectivity index (χ2v) is 7.49. The third kappa shape index (κ3) is 3.36. The van der Waals surface area contributed by atoms with E-state index in [9.17, 15) is 0 Å². The molecule has 0 aliphatic rings. The highest BCUT2D eigenvalue weighted by Gasteiger charge is 2.15. The molecule has 5 aromatic heterocycles. The van der Waals surface area contributed by atoms with Crippen LogP contribution in [0.25, 0.3) is 33.6 Å². The average molecular weight is 398 g/mol. The molecule has 0 saturated carbocycles. The van der Waals surface area contributed by atoms with Crippen LogP contribution in [0.5, 0.6) is 0 Å². The number of hydrogen-bond donors (Lipinski definition) is 2. The van der Waals surface area contributed by atoms with Crippen LogP contribution in [-0.4, -0.2) is 41.0 Å². The first-order valence-corrected chi connectivity index (χ1v) is 10.00. The van der Waals surface area contributed by atoms with Crippen molar-refractivity contribution in [3.8, 4) is 11.4 Å². The fraction of sp³-hybridized carbons (Fsp3) is 0.227. The number of fused-ring (bicyclic) bond motifs is 2. The zero-order valence-corrected chi connectivity index (χ0v) is 16.9. The summed E-state index contributed by atoms with van der Waals surface area (Å²) < 4.78 is 2.06. The molecule has 8 heteroatoms. The fourth-order valence-electron chi connectivity index (χ4n) is 3.49. The maximum atomic E-state index is 4.78. The highest BCUT2D eigenvalue weighted by Crippen LogP contribution is 2.25. The summed E-state index contributed by atoms with van der Waals surface area (Å²) in [4.78, 5) is 25.9. The molecule has 0 atom stereocenters. The fourth-order valence-corrected chi connectivity index (χ4v) is 3.49. The Kier molecular flexibility index (Phi) is 4.59. The SMILES string of the molecule is CC(C)n1cnc2c(NCCc3cnc4[nH]ccc4c3)nc(-c3cccnc3)nc21. The molecule has 0 saturated heterocycles. The number of aromatic amines is 1. The number of nitrogens with zero attached hydrogens (tertiary/aromatic N) is 6. The van der Waals surface area contributed by atoms with Crippen LogP contribution in [0.2, 0.25) is 0 Å².